The molecule has 1 saturated heterocycles. The first-order chi connectivity index (χ1) is 12.7. The highest BCUT2D eigenvalue weighted by atomic mass is 16.5. The van der Waals surface area contributed by atoms with Crippen molar-refractivity contribution in [2.45, 2.75) is 52.4 Å². The predicted octanol–water partition coefficient (Wildman–Crippen LogP) is 3.87. The second-order valence-electron chi connectivity index (χ2n) is 6.87. The molecule has 0 saturated carbocycles. The molecule has 0 radical (unpaired) electrons. The Hall–Kier alpha value is -1.75. The Morgan fingerprint density at radius 3 is 2.35 bits per heavy atom. The first-order valence-electron chi connectivity index (χ1n) is 10.1. The van der Waals surface area contributed by atoms with Crippen molar-refractivity contribution in [3.8, 4) is 11.5 Å². The second-order valence-corrected chi connectivity index (χ2v) is 6.87. The quantitative estimate of drug-likeness (QED) is 0.574. The van der Waals surface area contributed by atoms with Crippen LogP contribution in [0.1, 0.15) is 62.7 Å². The summed E-state index contributed by atoms with van der Waals surface area (Å²) < 4.78 is 11.7. The molecule has 5 nitrogen and oxygen atoms in total. The molecule has 0 atom stereocenters. The number of nitrogens with one attached hydrogen (secondary N) is 1. The molecule has 1 aromatic rings. The van der Waals surface area contributed by atoms with E-state index in [2.05, 4.69) is 24.1 Å². The van der Waals surface area contributed by atoms with Gasteiger partial charge < -0.3 is 19.7 Å². The summed E-state index contributed by atoms with van der Waals surface area (Å²) in [5, 5.41) is 3.02. The number of carbonyl (C=O) groups excluding carboxylic acids is 1. The van der Waals surface area contributed by atoms with Crippen molar-refractivity contribution < 1.29 is 14.3 Å². The molecule has 146 valence electrons. The van der Waals surface area contributed by atoms with Gasteiger partial charge in [-0.3, -0.25) is 4.79 Å². The molecule has 26 heavy (non-hydrogen) atoms. The fourth-order valence-electron chi connectivity index (χ4n) is 2.97. The Bertz CT molecular complexity index is 542. The zero-order chi connectivity index (χ0) is 18.6. The SMILES string of the molecule is CCCCOc1ccc(C(=O)NCCN2CCCC2)cc1OCCCC. The summed E-state index contributed by atoms with van der Waals surface area (Å²) in [5.41, 5.74) is 0.626. The fourth-order valence-corrected chi connectivity index (χ4v) is 2.97. The zero-order valence-electron chi connectivity index (χ0n) is 16.4. The molecule has 1 fully saturated rings. The number of likely N-dealkylation sites (tertiary alicyclic amines) is 1. The molecule has 1 aromatic carbocycles. The average Bonchev–Trinajstić information content (AvgIpc) is 3.16. The van der Waals surface area contributed by atoms with Crippen LogP contribution >= 0.6 is 0 Å². The van der Waals surface area contributed by atoms with Crippen molar-refractivity contribution >= 4 is 5.91 Å². The Morgan fingerprint density at radius 1 is 1.04 bits per heavy atom. The van der Waals surface area contributed by atoms with Gasteiger partial charge in [-0.2, -0.15) is 0 Å². The van der Waals surface area contributed by atoms with E-state index in [1.165, 1.54) is 12.8 Å². The second kappa shape index (κ2) is 11.8. The van der Waals surface area contributed by atoms with Crippen molar-refractivity contribution in [1.29, 1.82) is 0 Å². The standard InChI is InChI=1S/C21H34N2O3/c1-3-5-15-25-19-10-9-18(17-20(19)26-16-6-4-2)21(24)22-11-14-23-12-7-8-13-23/h9-10,17H,3-8,11-16H2,1-2H3,(H,22,24). The number of rotatable bonds is 12. The summed E-state index contributed by atoms with van der Waals surface area (Å²) in [6.45, 7) is 9.47. The lowest BCUT2D eigenvalue weighted by atomic mass is 10.2. The first-order valence-corrected chi connectivity index (χ1v) is 10.1. The van der Waals surface area contributed by atoms with E-state index in [9.17, 15) is 4.79 Å². The highest BCUT2D eigenvalue weighted by Gasteiger charge is 2.14. The van der Waals surface area contributed by atoms with Crippen LogP contribution in [-0.4, -0.2) is 50.2 Å². The summed E-state index contributed by atoms with van der Waals surface area (Å²) in [6, 6.07) is 5.48. The Balaban J connectivity index is 1.92. The minimum atomic E-state index is -0.0513. The van der Waals surface area contributed by atoms with Gasteiger partial charge in [-0.05, 0) is 57.0 Å². The van der Waals surface area contributed by atoms with Crippen LogP contribution in [0.4, 0.5) is 0 Å². The van der Waals surface area contributed by atoms with Crippen LogP contribution < -0.4 is 14.8 Å². The number of unbranched alkanes of at least 4 members (excludes halogenated alkanes) is 2. The maximum atomic E-state index is 12.4. The van der Waals surface area contributed by atoms with Gasteiger partial charge in [0.05, 0.1) is 13.2 Å². The highest BCUT2D eigenvalue weighted by molar-refractivity contribution is 5.94. The first kappa shape index (κ1) is 20.6. The minimum absolute atomic E-state index is 0.0513. The third kappa shape index (κ3) is 6.87. The molecule has 0 unspecified atom stereocenters. The summed E-state index contributed by atoms with van der Waals surface area (Å²) >= 11 is 0. The van der Waals surface area contributed by atoms with E-state index in [4.69, 9.17) is 9.47 Å². The van der Waals surface area contributed by atoms with Crippen LogP contribution in [0.3, 0.4) is 0 Å². The van der Waals surface area contributed by atoms with Gasteiger partial charge in [0.2, 0.25) is 0 Å². The van der Waals surface area contributed by atoms with Gasteiger partial charge in [0.25, 0.3) is 5.91 Å². The molecule has 1 aliphatic heterocycles. The third-order valence-electron chi connectivity index (χ3n) is 4.63. The summed E-state index contributed by atoms with van der Waals surface area (Å²) in [7, 11) is 0. The molecule has 0 aliphatic carbocycles. The van der Waals surface area contributed by atoms with Crippen molar-refractivity contribution in [3.05, 3.63) is 23.8 Å². The summed E-state index contributed by atoms with van der Waals surface area (Å²) in [5.74, 6) is 1.34. The maximum absolute atomic E-state index is 12.4. The maximum Gasteiger partial charge on any atom is 0.251 e. The van der Waals surface area contributed by atoms with E-state index in [0.717, 1.165) is 51.1 Å². The van der Waals surface area contributed by atoms with Gasteiger partial charge >= 0.3 is 0 Å². The number of nitrogens with zero attached hydrogens (tertiary/aromatic N) is 1. The summed E-state index contributed by atoms with van der Waals surface area (Å²) in [6.07, 6.45) is 6.69. The normalized spacial score (nSPS) is 14.4. The molecule has 0 bridgehead atoms. The van der Waals surface area contributed by atoms with Crippen LogP contribution in [-0.2, 0) is 0 Å². The van der Waals surface area contributed by atoms with Crippen LogP contribution in [0.2, 0.25) is 0 Å². The van der Waals surface area contributed by atoms with Crippen molar-refractivity contribution in [2.24, 2.45) is 0 Å². The van der Waals surface area contributed by atoms with E-state index in [1.54, 1.807) is 0 Å². The molecule has 5 heteroatoms. The lowest BCUT2D eigenvalue weighted by Crippen LogP contribution is -2.33. The minimum Gasteiger partial charge on any atom is -0.490 e. The Kier molecular flexibility index (Phi) is 9.32. The van der Waals surface area contributed by atoms with Gasteiger partial charge in [-0.1, -0.05) is 26.7 Å². The van der Waals surface area contributed by atoms with Crippen LogP contribution in [0.5, 0.6) is 11.5 Å². The van der Waals surface area contributed by atoms with Gasteiger partial charge in [-0.25, -0.2) is 0 Å². The third-order valence-corrected chi connectivity index (χ3v) is 4.63. The van der Waals surface area contributed by atoms with Crippen LogP contribution in [0, 0.1) is 0 Å². The van der Waals surface area contributed by atoms with Gasteiger partial charge in [0.15, 0.2) is 11.5 Å². The van der Waals surface area contributed by atoms with E-state index in [0.29, 0.717) is 31.1 Å². The van der Waals surface area contributed by atoms with Gasteiger partial charge in [0.1, 0.15) is 0 Å². The number of ether oxygens (including phenoxy) is 2. The molecule has 0 spiro atoms. The largest absolute Gasteiger partial charge is 0.490 e. The van der Waals surface area contributed by atoms with Crippen LogP contribution in [0.15, 0.2) is 18.2 Å². The van der Waals surface area contributed by atoms with Gasteiger partial charge in [0, 0.05) is 18.7 Å². The fraction of sp³-hybridized carbons (Fsp3) is 0.667. The number of hydrogen-bond acceptors (Lipinski definition) is 4. The summed E-state index contributed by atoms with van der Waals surface area (Å²) in [4.78, 5) is 14.8. The lowest BCUT2D eigenvalue weighted by molar-refractivity contribution is 0.0949. The Labute approximate surface area is 158 Å². The van der Waals surface area contributed by atoms with Gasteiger partial charge in [-0.15, -0.1) is 0 Å². The highest BCUT2D eigenvalue weighted by Crippen LogP contribution is 2.29. The molecule has 0 aromatic heterocycles. The van der Waals surface area contributed by atoms with Crippen LogP contribution in [0.25, 0.3) is 0 Å². The number of amides is 1. The monoisotopic (exact) mass is 362 g/mol. The molecule has 1 aliphatic rings. The molecule has 2 rings (SSSR count). The smallest absolute Gasteiger partial charge is 0.251 e. The average molecular weight is 363 g/mol. The Morgan fingerprint density at radius 2 is 1.69 bits per heavy atom. The van der Waals surface area contributed by atoms with E-state index < -0.39 is 0 Å². The molecular formula is C21H34N2O3. The number of benzene rings is 1. The number of carbonyl (C=O) groups is 1. The van der Waals surface area contributed by atoms with E-state index in [1.807, 2.05) is 18.2 Å². The molecule has 1 heterocycles. The van der Waals surface area contributed by atoms with Crippen molar-refractivity contribution in [1.82, 2.24) is 10.2 Å². The molecule has 1 amide bonds. The zero-order valence-corrected chi connectivity index (χ0v) is 16.4. The van der Waals surface area contributed by atoms with Crippen molar-refractivity contribution in [3.63, 3.8) is 0 Å². The molecule has 1 N–H and O–H groups in total. The topological polar surface area (TPSA) is 50.8 Å². The van der Waals surface area contributed by atoms with E-state index >= 15 is 0 Å². The van der Waals surface area contributed by atoms with Crippen molar-refractivity contribution in [2.75, 3.05) is 39.4 Å². The predicted molar refractivity (Wildman–Crippen MR) is 105 cm³/mol. The molecular weight excluding hydrogens is 328 g/mol. The lowest BCUT2D eigenvalue weighted by Gasteiger charge is -2.16. The van der Waals surface area contributed by atoms with E-state index in [-0.39, 0.29) is 5.91 Å². The number of hydrogen-bond donors (Lipinski definition) is 1.